The maximum absolute atomic E-state index is 11.7. The number of carbonyl (C=O) groups excluding carboxylic acids is 1. The van der Waals surface area contributed by atoms with Gasteiger partial charge in [-0.1, -0.05) is 35.2 Å². The Morgan fingerprint density at radius 3 is 3.00 bits per heavy atom. The number of fused-ring (bicyclic) bond motifs is 2. The van der Waals surface area contributed by atoms with Crippen molar-refractivity contribution in [2.75, 3.05) is 11.9 Å². The molecule has 6 nitrogen and oxygen atoms in total. The highest BCUT2D eigenvalue weighted by molar-refractivity contribution is 8.14. The smallest absolute Gasteiger partial charge is 0.341 e. The molecule has 2 aromatic rings. The lowest BCUT2D eigenvalue weighted by Crippen LogP contribution is -2.51. The van der Waals surface area contributed by atoms with Crippen molar-refractivity contribution in [1.29, 1.82) is 0 Å². The Morgan fingerprint density at radius 1 is 1.25 bits per heavy atom. The summed E-state index contributed by atoms with van der Waals surface area (Å²) >= 11 is 7.95. The van der Waals surface area contributed by atoms with E-state index in [-0.39, 0.29) is 23.8 Å². The van der Waals surface area contributed by atoms with Crippen LogP contribution < -0.4 is 20.5 Å². The Bertz CT molecular complexity index is 1040. The highest BCUT2D eigenvalue weighted by Crippen LogP contribution is 2.47. The van der Waals surface area contributed by atoms with Crippen LogP contribution in [0.3, 0.4) is 0 Å². The molecule has 3 heterocycles. The fourth-order valence-electron chi connectivity index (χ4n) is 3.53. The molecule has 1 radical (unpaired) electrons. The molecule has 3 aliphatic heterocycles. The third-order valence-corrected chi connectivity index (χ3v) is 6.41. The lowest BCUT2D eigenvalue weighted by atomic mass is 9.97. The zero-order valence-corrected chi connectivity index (χ0v) is 16.6. The molecule has 2 aromatic carbocycles. The largest absolute Gasteiger partial charge is 0.482 e. The van der Waals surface area contributed by atoms with Crippen LogP contribution in [0.15, 0.2) is 59.4 Å². The van der Waals surface area contributed by atoms with Gasteiger partial charge >= 0.3 is 5.17 Å². The van der Waals surface area contributed by atoms with E-state index in [9.17, 15) is 4.79 Å². The summed E-state index contributed by atoms with van der Waals surface area (Å²) in [4.78, 5) is 16.2. The van der Waals surface area contributed by atoms with Crippen LogP contribution in [0.5, 0.6) is 5.75 Å². The van der Waals surface area contributed by atoms with Gasteiger partial charge in [-0.05, 0) is 47.2 Å². The summed E-state index contributed by atoms with van der Waals surface area (Å²) < 4.78 is 5.50. The molecule has 0 aliphatic carbocycles. The summed E-state index contributed by atoms with van der Waals surface area (Å²) in [6.07, 6.45) is 1.85. The number of amidine groups is 1. The van der Waals surface area contributed by atoms with E-state index in [1.165, 1.54) is 0 Å². The van der Waals surface area contributed by atoms with Gasteiger partial charge in [0, 0.05) is 17.0 Å². The van der Waals surface area contributed by atoms with E-state index in [1.54, 1.807) is 11.8 Å². The van der Waals surface area contributed by atoms with Gasteiger partial charge in [0.2, 0.25) is 5.70 Å². The lowest BCUT2D eigenvalue weighted by molar-refractivity contribution is -0.118. The molecule has 1 fully saturated rings. The van der Waals surface area contributed by atoms with Gasteiger partial charge in [-0.15, -0.1) is 0 Å². The number of allylic oxidation sites excluding steroid dienone is 1. The van der Waals surface area contributed by atoms with Gasteiger partial charge in [-0.25, -0.2) is 0 Å². The minimum atomic E-state index is -0.142. The number of amides is 1. The highest BCUT2D eigenvalue weighted by Gasteiger charge is 2.46. The minimum absolute atomic E-state index is 0.0256. The zero-order valence-electron chi connectivity index (χ0n) is 15.0. The number of hydrazine groups is 1. The molecule has 0 bridgehead atoms. The second-order valence-corrected chi connectivity index (χ2v) is 8.36. The second kappa shape index (κ2) is 6.93. The summed E-state index contributed by atoms with van der Waals surface area (Å²) in [7, 11) is 0. The number of hydrogen-bond acceptors (Lipinski definition) is 6. The van der Waals surface area contributed by atoms with E-state index >= 15 is 0 Å². The fraction of sp³-hybridized carbons (Fsp3) is 0.200. The molecular formula is C20H17ClN4O2S+. The molecule has 0 spiro atoms. The quantitative estimate of drug-likeness (QED) is 0.729. The standard InChI is InChI=1S/C20H17ClN4O2S/c1-11-9-22-20-25(11)24-18(12-3-2-4-14(21)7-12)19(28-20)13-5-6-16-15(8-13)23-17(26)10-27-16/h2-9,18-19,24H,10H2,1H3,(H,23,26)/q+1. The first-order valence-corrected chi connectivity index (χ1v) is 10.1. The molecule has 8 heteroatoms. The molecule has 141 valence electrons. The van der Waals surface area contributed by atoms with Gasteiger partial charge in [0.25, 0.3) is 5.91 Å². The summed E-state index contributed by atoms with van der Waals surface area (Å²) in [6, 6.07) is 13.8. The first-order valence-electron chi connectivity index (χ1n) is 8.88. The van der Waals surface area contributed by atoms with E-state index in [1.807, 2.05) is 54.5 Å². The molecule has 1 amide bonds. The van der Waals surface area contributed by atoms with Crippen molar-refractivity contribution in [2.24, 2.45) is 4.99 Å². The SMILES string of the molecule is CC1=CN=C2SC(c3ccc4c(c3)NC(=O)CO4)C(c3cccc(Cl)c3)N[N+]12. The third kappa shape index (κ3) is 3.10. The number of carbonyl (C=O) groups is 1. The van der Waals surface area contributed by atoms with Crippen molar-refractivity contribution in [3.05, 3.63) is 70.5 Å². The van der Waals surface area contributed by atoms with Gasteiger partial charge in [0.15, 0.2) is 6.61 Å². The van der Waals surface area contributed by atoms with Crippen LogP contribution in [0.25, 0.3) is 0 Å². The van der Waals surface area contributed by atoms with Gasteiger partial charge < -0.3 is 10.1 Å². The molecule has 0 saturated carbocycles. The van der Waals surface area contributed by atoms with Gasteiger partial charge in [0.05, 0.1) is 17.1 Å². The van der Waals surface area contributed by atoms with Crippen LogP contribution in [0.1, 0.15) is 29.3 Å². The predicted octanol–water partition coefficient (Wildman–Crippen LogP) is 4.08. The number of hydrogen-bond donors (Lipinski definition) is 2. The van der Waals surface area contributed by atoms with E-state index in [0.717, 1.165) is 22.0 Å². The predicted molar refractivity (Wildman–Crippen MR) is 112 cm³/mol. The van der Waals surface area contributed by atoms with Gasteiger partial charge in [-0.3, -0.25) is 4.79 Å². The zero-order chi connectivity index (χ0) is 19.3. The van der Waals surface area contributed by atoms with Gasteiger partial charge in [0.1, 0.15) is 11.8 Å². The number of benzene rings is 2. The van der Waals surface area contributed by atoms with Crippen LogP contribution in [0.2, 0.25) is 5.02 Å². The fourth-order valence-corrected chi connectivity index (χ4v) is 5.01. The molecule has 28 heavy (non-hydrogen) atoms. The Hall–Kier alpha value is -2.32. The monoisotopic (exact) mass is 412 g/mol. The summed E-state index contributed by atoms with van der Waals surface area (Å²) in [5, 5.41) is 6.54. The Balaban J connectivity index is 1.55. The van der Waals surface area contributed by atoms with E-state index in [0.29, 0.717) is 16.5 Å². The molecule has 5 rings (SSSR count). The highest BCUT2D eigenvalue weighted by atomic mass is 35.5. The van der Waals surface area contributed by atoms with Crippen LogP contribution in [0, 0.1) is 0 Å². The summed E-state index contributed by atoms with van der Waals surface area (Å²) in [6.45, 7) is 2.07. The van der Waals surface area contributed by atoms with E-state index in [2.05, 4.69) is 21.8 Å². The summed E-state index contributed by atoms with van der Waals surface area (Å²) in [5.74, 6) is 0.547. The number of nitrogens with one attached hydrogen (secondary N) is 2. The van der Waals surface area contributed by atoms with Gasteiger partial charge in [-0.2, -0.15) is 4.99 Å². The maximum atomic E-state index is 11.7. The molecule has 1 saturated heterocycles. The lowest BCUT2D eigenvalue weighted by Gasteiger charge is -2.32. The number of halogens is 1. The van der Waals surface area contributed by atoms with E-state index < -0.39 is 0 Å². The normalized spacial score (nSPS) is 23.9. The second-order valence-electron chi connectivity index (χ2n) is 6.81. The molecule has 3 aliphatic rings. The number of thioether (sulfide) groups is 1. The first kappa shape index (κ1) is 17.8. The van der Waals surface area contributed by atoms with Crippen molar-refractivity contribution in [3.63, 3.8) is 0 Å². The van der Waals surface area contributed by atoms with Crippen LogP contribution in [-0.2, 0) is 4.79 Å². The third-order valence-electron chi connectivity index (χ3n) is 4.88. The average molecular weight is 413 g/mol. The van der Waals surface area contributed by atoms with E-state index in [4.69, 9.17) is 16.3 Å². The van der Waals surface area contributed by atoms with Crippen molar-refractivity contribution in [3.8, 4) is 5.75 Å². The molecule has 2 unspecified atom stereocenters. The number of anilines is 1. The Morgan fingerprint density at radius 2 is 2.14 bits per heavy atom. The Kier molecular flexibility index (Phi) is 4.40. The maximum Gasteiger partial charge on any atom is 0.341 e. The van der Waals surface area contributed by atoms with Crippen molar-refractivity contribution >= 4 is 40.1 Å². The van der Waals surface area contributed by atoms with Crippen molar-refractivity contribution < 1.29 is 9.53 Å². The summed E-state index contributed by atoms with van der Waals surface area (Å²) in [5.41, 5.74) is 7.47. The Labute approximate surface area is 171 Å². The molecule has 2 N–H and O–H groups in total. The minimum Gasteiger partial charge on any atom is -0.482 e. The van der Waals surface area contributed by atoms with Crippen molar-refractivity contribution in [1.82, 2.24) is 10.4 Å². The number of rotatable bonds is 2. The van der Waals surface area contributed by atoms with Crippen LogP contribution in [-0.4, -0.2) is 17.7 Å². The number of aliphatic imine (C=N–C) groups is 1. The number of ether oxygens (including phenoxy) is 1. The average Bonchev–Trinajstić information content (AvgIpc) is 3.06. The number of nitrogens with zero attached hydrogens (tertiary/aromatic N) is 2. The topological polar surface area (TPSA) is 68.6 Å². The van der Waals surface area contributed by atoms with Crippen molar-refractivity contribution in [2.45, 2.75) is 18.2 Å². The van der Waals surface area contributed by atoms with Crippen LogP contribution >= 0.6 is 23.4 Å². The first-order chi connectivity index (χ1) is 13.6. The molecule has 0 aromatic heterocycles. The van der Waals surface area contributed by atoms with Crippen LogP contribution in [0.4, 0.5) is 5.69 Å². The molecular weight excluding hydrogens is 396 g/mol. The molecule has 2 atom stereocenters.